The van der Waals surface area contributed by atoms with Gasteiger partial charge >= 0.3 is 5.97 Å². The summed E-state index contributed by atoms with van der Waals surface area (Å²) >= 11 is 1.72. The predicted octanol–water partition coefficient (Wildman–Crippen LogP) is 1.77. The van der Waals surface area contributed by atoms with Gasteiger partial charge in [-0.3, -0.25) is 9.48 Å². The molecule has 0 amide bonds. The normalized spacial score (nSPS) is 12.5. The van der Waals surface area contributed by atoms with Crippen molar-refractivity contribution in [1.29, 1.82) is 0 Å². The second-order valence-corrected chi connectivity index (χ2v) is 4.87. The van der Waals surface area contributed by atoms with Crippen LogP contribution >= 0.6 is 11.8 Å². The predicted molar refractivity (Wildman–Crippen MR) is 65.3 cm³/mol. The van der Waals surface area contributed by atoms with Gasteiger partial charge < -0.3 is 4.74 Å². The van der Waals surface area contributed by atoms with Crippen LogP contribution < -0.4 is 0 Å². The molecular formula is C11H18N2O2S. The molecule has 0 saturated heterocycles. The molecule has 1 aromatic heterocycles. The molecule has 4 nitrogen and oxygen atoms in total. The van der Waals surface area contributed by atoms with E-state index in [9.17, 15) is 4.79 Å². The lowest BCUT2D eigenvalue weighted by Gasteiger charge is -2.08. The standard InChI is InChI=1S/C11H18N2O2S/c1-8(11(14)15-4)6-16-7-10-5-9(2)12-13(10)3/h5,8H,6-7H2,1-4H3. The molecule has 0 bridgehead atoms. The summed E-state index contributed by atoms with van der Waals surface area (Å²) in [7, 11) is 3.36. The van der Waals surface area contributed by atoms with E-state index in [4.69, 9.17) is 0 Å². The van der Waals surface area contributed by atoms with Crippen molar-refractivity contribution in [1.82, 2.24) is 9.78 Å². The summed E-state index contributed by atoms with van der Waals surface area (Å²) in [5.41, 5.74) is 2.21. The Morgan fingerprint density at radius 1 is 1.69 bits per heavy atom. The third-order valence-electron chi connectivity index (χ3n) is 2.32. The molecule has 0 fully saturated rings. The van der Waals surface area contributed by atoms with Crippen LogP contribution in [0.3, 0.4) is 0 Å². The first-order chi connectivity index (χ1) is 7.54. The van der Waals surface area contributed by atoms with Crippen LogP contribution in [0.4, 0.5) is 0 Å². The summed E-state index contributed by atoms with van der Waals surface area (Å²) in [5.74, 6) is 1.45. The van der Waals surface area contributed by atoms with Gasteiger partial charge in [-0.25, -0.2) is 0 Å². The van der Waals surface area contributed by atoms with Gasteiger partial charge in [-0.15, -0.1) is 0 Å². The summed E-state index contributed by atoms with van der Waals surface area (Å²) in [4.78, 5) is 11.2. The number of rotatable bonds is 5. The minimum absolute atomic E-state index is 0.0516. The molecule has 1 unspecified atom stereocenters. The van der Waals surface area contributed by atoms with Gasteiger partial charge in [-0.1, -0.05) is 6.92 Å². The SMILES string of the molecule is COC(=O)C(C)CSCc1cc(C)nn1C. The Morgan fingerprint density at radius 3 is 2.88 bits per heavy atom. The van der Waals surface area contributed by atoms with Crippen molar-refractivity contribution in [3.8, 4) is 0 Å². The zero-order valence-corrected chi connectivity index (χ0v) is 11.0. The fourth-order valence-electron chi connectivity index (χ4n) is 1.41. The number of thioether (sulfide) groups is 1. The highest BCUT2D eigenvalue weighted by Crippen LogP contribution is 2.16. The van der Waals surface area contributed by atoms with Crippen LogP contribution in [0.5, 0.6) is 0 Å². The van der Waals surface area contributed by atoms with Gasteiger partial charge in [0.2, 0.25) is 0 Å². The molecule has 1 atom stereocenters. The Hall–Kier alpha value is -0.970. The van der Waals surface area contributed by atoms with E-state index in [0.717, 1.165) is 17.2 Å². The van der Waals surface area contributed by atoms with Gasteiger partial charge in [0.15, 0.2) is 0 Å². The molecule has 0 aliphatic carbocycles. The number of esters is 1. The molecule has 1 aromatic rings. The zero-order chi connectivity index (χ0) is 12.1. The molecular weight excluding hydrogens is 224 g/mol. The Balaban J connectivity index is 2.36. The van der Waals surface area contributed by atoms with Gasteiger partial charge in [0, 0.05) is 24.2 Å². The van der Waals surface area contributed by atoms with Crippen molar-refractivity contribution >= 4 is 17.7 Å². The van der Waals surface area contributed by atoms with Gasteiger partial charge in [0.25, 0.3) is 0 Å². The number of carbonyl (C=O) groups excluding carboxylic acids is 1. The minimum atomic E-state index is -0.145. The van der Waals surface area contributed by atoms with E-state index >= 15 is 0 Å². The number of aromatic nitrogens is 2. The zero-order valence-electron chi connectivity index (χ0n) is 10.2. The van der Waals surface area contributed by atoms with E-state index in [1.165, 1.54) is 12.8 Å². The summed E-state index contributed by atoms with van der Waals surface area (Å²) in [6, 6.07) is 2.07. The molecule has 0 aliphatic rings. The largest absolute Gasteiger partial charge is 0.469 e. The van der Waals surface area contributed by atoms with Crippen molar-refractivity contribution in [3.05, 3.63) is 17.5 Å². The van der Waals surface area contributed by atoms with Gasteiger partial charge in [0.05, 0.1) is 18.7 Å². The summed E-state index contributed by atoms with van der Waals surface area (Å²) < 4.78 is 6.55. The van der Waals surface area contributed by atoms with Crippen molar-refractivity contribution in [3.63, 3.8) is 0 Å². The maximum absolute atomic E-state index is 11.2. The van der Waals surface area contributed by atoms with Crippen LogP contribution in [-0.4, -0.2) is 28.6 Å². The van der Waals surface area contributed by atoms with Crippen LogP contribution in [-0.2, 0) is 22.3 Å². The molecule has 0 radical (unpaired) electrons. The lowest BCUT2D eigenvalue weighted by Crippen LogP contribution is -2.15. The first-order valence-corrected chi connectivity index (χ1v) is 6.35. The van der Waals surface area contributed by atoms with E-state index in [1.807, 2.05) is 25.6 Å². The average molecular weight is 242 g/mol. The maximum Gasteiger partial charge on any atom is 0.309 e. The number of methoxy groups -OCH3 is 1. The molecule has 5 heteroatoms. The Kier molecular flexibility index (Phi) is 4.86. The van der Waals surface area contributed by atoms with Crippen molar-refractivity contribution in [2.24, 2.45) is 13.0 Å². The highest BCUT2D eigenvalue weighted by atomic mass is 32.2. The molecule has 1 rings (SSSR count). The number of hydrogen-bond acceptors (Lipinski definition) is 4. The number of carbonyl (C=O) groups is 1. The Labute approximate surface area is 100 Å². The van der Waals surface area contributed by atoms with E-state index < -0.39 is 0 Å². The molecule has 1 heterocycles. The molecule has 0 aromatic carbocycles. The van der Waals surface area contributed by atoms with Crippen LogP contribution in [0.2, 0.25) is 0 Å². The number of nitrogens with zero attached hydrogens (tertiary/aromatic N) is 2. The van der Waals surface area contributed by atoms with Crippen molar-refractivity contribution in [2.45, 2.75) is 19.6 Å². The number of hydrogen-bond donors (Lipinski definition) is 0. The maximum atomic E-state index is 11.2. The quantitative estimate of drug-likeness (QED) is 0.738. The van der Waals surface area contributed by atoms with Crippen LogP contribution in [0.1, 0.15) is 18.3 Å². The Bertz CT molecular complexity index is 363. The van der Waals surface area contributed by atoms with Gasteiger partial charge in [-0.05, 0) is 13.0 Å². The first-order valence-electron chi connectivity index (χ1n) is 5.19. The van der Waals surface area contributed by atoms with Crippen molar-refractivity contribution in [2.75, 3.05) is 12.9 Å². The van der Waals surface area contributed by atoms with E-state index in [0.29, 0.717) is 0 Å². The highest BCUT2D eigenvalue weighted by molar-refractivity contribution is 7.98. The third-order valence-corrected chi connectivity index (χ3v) is 3.56. The van der Waals surface area contributed by atoms with E-state index in [1.54, 1.807) is 11.8 Å². The molecule has 16 heavy (non-hydrogen) atoms. The monoisotopic (exact) mass is 242 g/mol. The van der Waals surface area contributed by atoms with Crippen LogP contribution in [0.25, 0.3) is 0 Å². The van der Waals surface area contributed by atoms with Crippen LogP contribution in [0.15, 0.2) is 6.07 Å². The fraction of sp³-hybridized carbons (Fsp3) is 0.636. The highest BCUT2D eigenvalue weighted by Gasteiger charge is 2.13. The van der Waals surface area contributed by atoms with E-state index in [-0.39, 0.29) is 11.9 Å². The topological polar surface area (TPSA) is 44.1 Å². The first kappa shape index (κ1) is 13.1. The second-order valence-electron chi connectivity index (χ2n) is 3.84. The fourth-order valence-corrected chi connectivity index (χ4v) is 2.50. The summed E-state index contributed by atoms with van der Waals surface area (Å²) in [5, 5.41) is 4.27. The smallest absolute Gasteiger partial charge is 0.309 e. The molecule has 90 valence electrons. The molecule has 0 N–H and O–H groups in total. The van der Waals surface area contributed by atoms with Gasteiger partial charge in [-0.2, -0.15) is 16.9 Å². The summed E-state index contributed by atoms with van der Waals surface area (Å²) in [6.45, 7) is 3.86. The van der Waals surface area contributed by atoms with Crippen LogP contribution in [0, 0.1) is 12.8 Å². The van der Waals surface area contributed by atoms with Crippen molar-refractivity contribution < 1.29 is 9.53 Å². The van der Waals surface area contributed by atoms with Gasteiger partial charge in [0.1, 0.15) is 0 Å². The Morgan fingerprint density at radius 2 is 2.38 bits per heavy atom. The molecule has 0 aliphatic heterocycles. The molecule has 0 saturated carbocycles. The average Bonchev–Trinajstić information content (AvgIpc) is 2.56. The van der Waals surface area contributed by atoms with E-state index in [2.05, 4.69) is 15.9 Å². The third kappa shape index (κ3) is 3.56. The molecule has 0 spiro atoms. The lowest BCUT2D eigenvalue weighted by atomic mass is 10.2. The number of aryl methyl sites for hydroxylation is 2. The number of ether oxygens (including phenoxy) is 1. The minimum Gasteiger partial charge on any atom is -0.469 e. The second kappa shape index (κ2) is 5.94. The lowest BCUT2D eigenvalue weighted by molar-refractivity contribution is -0.143. The summed E-state index contributed by atoms with van der Waals surface area (Å²) in [6.07, 6.45) is 0.